The summed E-state index contributed by atoms with van der Waals surface area (Å²) in [6.45, 7) is 2.53. The number of esters is 1. The number of hydrogen-bond acceptors (Lipinski definition) is 3. The number of carbonyl (C=O) groups excluding carboxylic acids is 1. The summed E-state index contributed by atoms with van der Waals surface area (Å²) in [5.41, 5.74) is 1.66. The lowest BCUT2D eigenvalue weighted by atomic mass is 9.84. The van der Waals surface area contributed by atoms with Crippen LogP contribution in [0.4, 0.5) is 0 Å². The van der Waals surface area contributed by atoms with Crippen molar-refractivity contribution in [2.75, 3.05) is 6.61 Å². The second-order valence-corrected chi connectivity index (χ2v) is 6.29. The molecule has 3 rings (SSSR count). The number of benzene rings is 2. The van der Waals surface area contributed by atoms with E-state index in [0.717, 1.165) is 30.4 Å². The van der Waals surface area contributed by atoms with Crippen molar-refractivity contribution in [3.63, 3.8) is 0 Å². The molecule has 3 nitrogen and oxygen atoms in total. The van der Waals surface area contributed by atoms with E-state index in [0.29, 0.717) is 18.8 Å². The molecule has 25 heavy (non-hydrogen) atoms. The average Bonchev–Trinajstić information content (AvgIpc) is 3.08. The molecule has 2 aromatic carbocycles. The topological polar surface area (TPSA) is 35.5 Å². The summed E-state index contributed by atoms with van der Waals surface area (Å²) in [5.74, 6) is 0.370. The maximum Gasteiger partial charge on any atom is 0.334 e. The molecule has 1 saturated heterocycles. The van der Waals surface area contributed by atoms with Gasteiger partial charge in [-0.15, -0.1) is 0 Å². The molecule has 3 heteroatoms. The summed E-state index contributed by atoms with van der Waals surface area (Å²) in [5, 5.41) is 0. The molecule has 0 aliphatic carbocycles. The van der Waals surface area contributed by atoms with Crippen LogP contribution in [0.25, 0.3) is 0 Å². The van der Waals surface area contributed by atoms with E-state index >= 15 is 0 Å². The largest absolute Gasteiger partial charge is 0.482 e. The molecule has 0 bridgehead atoms. The molecule has 0 radical (unpaired) electrons. The molecule has 0 atom stereocenters. The van der Waals surface area contributed by atoms with Crippen LogP contribution in [-0.4, -0.2) is 12.6 Å². The maximum atomic E-state index is 12.0. The zero-order valence-electron chi connectivity index (χ0n) is 14.6. The first-order valence-electron chi connectivity index (χ1n) is 8.92. The number of carbonyl (C=O) groups is 1. The molecule has 0 aromatic heterocycles. The SMILES string of the molecule is CCCCOC(=O)/C=C1/CCC(c2ccccc2)(c2ccccc2)O1. The first-order chi connectivity index (χ1) is 12.2. The molecule has 0 unspecified atom stereocenters. The fraction of sp³-hybridized carbons (Fsp3) is 0.318. The van der Waals surface area contributed by atoms with Crippen LogP contribution in [0, 0.1) is 0 Å². The molecule has 0 amide bonds. The molecule has 130 valence electrons. The first-order valence-corrected chi connectivity index (χ1v) is 8.92. The van der Waals surface area contributed by atoms with E-state index in [-0.39, 0.29) is 5.97 Å². The quantitative estimate of drug-likeness (QED) is 0.424. The highest BCUT2D eigenvalue weighted by molar-refractivity contribution is 5.82. The lowest BCUT2D eigenvalue weighted by molar-refractivity contribution is -0.138. The molecule has 1 fully saturated rings. The Morgan fingerprint density at radius 1 is 1.08 bits per heavy atom. The van der Waals surface area contributed by atoms with Gasteiger partial charge in [0.1, 0.15) is 5.76 Å². The van der Waals surface area contributed by atoms with Crippen molar-refractivity contribution in [3.8, 4) is 0 Å². The summed E-state index contributed by atoms with van der Waals surface area (Å²) in [7, 11) is 0. The molecule has 2 aromatic rings. The van der Waals surface area contributed by atoms with Crippen LogP contribution in [0.2, 0.25) is 0 Å². The van der Waals surface area contributed by atoms with E-state index in [4.69, 9.17) is 9.47 Å². The number of hydrogen-bond donors (Lipinski definition) is 0. The Balaban J connectivity index is 1.85. The fourth-order valence-corrected chi connectivity index (χ4v) is 3.20. The normalized spacial score (nSPS) is 17.2. The van der Waals surface area contributed by atoms with Gasteiger partial charge in [-0.2, -0.15) is 0 Å². The van der Waals surface area contributed by atoms with Crippen molar-refractivity contribution >= 4 is 5.97 Å². The Morgan fingerprint density at radius 2 is 1.68 bits per heavy atom. The molecular formula is C22H24O3. The van der Waals surface area contributed by atoms with Gasteiger partial charge in [0.15, 0.2) is 5.60 Å². The third-order valence-electron chi connectivity index (χ3n) is 4.53. The van der Waals surface area contributed by atoms with Gasteiger partial charge in [0.2, 0.25) is 0 Å². The number of allylic oxidation sites excluding steroid dienone is 1. The van der Waals surface area contributed by atoms with Crippen LogP contribution in [0.15, 0.2) is 72.5 Å². The Hall–Kier alpha value is -2.55. The highest BCUT2D eigenvalue weighted by Gasteiger charge is 2.41. The molecule has 0 spiro atoms. The highest BCUT2D eigenvalue weighted by atomic mass is 16.5. The molecule has 1 heterocycles. The number of rotatable bonds is 6. The minimum absolute atomic E-state index is 0.319. The number of unbranched alkanes of at least 4 members (excludes halogenated alkanes) is 1. The van der Waals surface area contributed by atoms with E-state index < -0.39 is 5.60 Å². The maximum absolute atomic E-state index is 12.0. The predicted molar refractivity (Wildman–Crippen MR) is 97.9 cm³/mol. The lowest BCUT2D eigenvalue weighted by Crippen LogP contribution is -2.26. The van der Waals surface area contributed by atoms with E-state index in [1.54, 1.807) is 0 Å². The van der Waals surface area contributed by atoms with Crippen LogP contribution in [0.5, 0.6) is 0 Å². The lowest BCUT2D eigenvalue weighted by Gasteiger charge is -2.30. The fourth-order valence-electron chi connectivity index (χ4n) is 3.20. The second kappa shape index (κ2) is 8.02. The van der Waals surface area contributed by atoms with Crippen LogP contribution in [0.3, 0.4) is 0 Å². The minimum atomic E-state index is -0.544. The van der Waals surface area contributed by atoms with Crippen LogP contribution in [-0.2, 0) is 19.9 Å². The van der Waals surface area contributed by atoms with Crippen LogP contribution < -0.4 is 0 Å². The summed E-state index contributed by atoms with van der Waals surface area (Å²) < 4.78 is 11.6. The van der Waals surface area contributed by atoms with Gasteiger partial charge in [-0.25, -0.2) is 4.79 Å². The third-order valence-corrected chi connectivity index (χ3v) is 4.53. The minimum Gasteiger partial charge on any atom is -0.482 e. The zero-order valence-corrected chi connectivity index (χ0v) is 14.6. The van der Waals surface area contributed by atoms with Crippen LogP contribution >= 0.6 is 0 Å². The Bertz CT molecular complexity index is 680. The van der Waals surface area contributed by atoms with Crippen molar-refractivity contribution in [1.82, 2.24) is 0 Å². The van der Waals surface area contributed by atoms with E-state index in [1.807, 2.05) is 36.4 Å². The van der Waals surface area contributed by atoms with Crippen molar-refractivity contribution in [3.05, 3.63) is 83.6 Å². The van der Waals surface area contributed by atoms with Crippen molar-refractivity contribution in [2.24, 2.45) is 0 Å². The Morgan fingerprint density at radius 3 is 2.24 bits per heavy atom. The summed E-state index contributed by atoms with van der Waals surface area (Å²) in [6, 6.07) is 20.4. The van der Waals surface area contributed by atoms with Gasteiger partial charge in [0, 0.05) is 12.8 Å². The van der Waals surface area contributed by atoms with E-state index in [2.05, 4.69) is 31.2 Å². The van der Waals surface area contributed by atoms with Crippen molar-refractivity contribution in [1.29, 1.82) is 0 Å². The molecular weight excluding hydrogens is 312 g/mol. The summed E-state index contributed by atoms with van der Waals surface area (Å²) >= 11 is 0. The smallest absolute Gasteiger partial charge is 0.334 e. The predicted octanol–water partition coefficient (Wildman–Crippen LogP) is 4.97. The van der Waals surface area contributed by atoms with Gasteiger partial charge in [-0.3, -0.25) is 0 Å². The molecule has 1 aliphatic rings. The monoisotopic (exact) mass is 336 g/mol. The van der Waals surface area contributed by atoms with Gasteiger partial charge in [-0.1, -0.05) is 74.0 Å². The van der Waals surface area contributed by atoms with Crippen LogP contribution in [0.1, 0.15) is 43.7 Å². The van der Waals surface area contributed by atoms with E-state index in [9.17, 15) is 4.79 Å². The molecule has 0 saturated carbocycles. The summed E-state index contributed by atoms with van der Waals surface area (Å²) in [6.07, 6.45) is 4.91. The van der Waals surface area contributed by atoms with Gasteiger partial charge in [-0.05, 0) is 17.5 Å². The standard InChI is InChI=1S/C22H24O3/c1-2-3-16-24-21(23)17-20-14-15-22(25-20,18-10-6-4-7-11-18)19-12-8-5-9-13-19/h4-13,17H,2-3,14-16H2,1H3/b20-17-. The van der Waals surface area contributed by atoms with Crippen molar-refractivity contribution < 1.29 is 14.3 Å². The van der Waals surface area contributed by atoms with Gasteiger partial charge >= 0.3 is 5.97 Å². The first kappa shape index (κ1) is 17.3. The second-order valence-electron chi connectivity index (χ2n) is 6.29. The van der Waals surface area contributed by atoms with Gasteiger partial charge in [0.05, 0.1) is 12.7 Å². The third kappa shape index (κ3) is 3.93. The van der Waals surface area contributed by atoms with E-state index in [1.165, 1.54) is 6.08 Å². The average molecular weight is 336 g/mol. The van der Waals surface area contributed by atoms with Crippen molar-refractivity contribution in [2.45, 2.75) is 38.2 Å². The van der Waals surface area contributed by atoms with Gasteiger partial charge < -0.3 is 9.47 Å². The summed E-state index contributed by atoms with van der Waals surface area (Å²) in [4.78, 5) is 12.0. The zero-order chi connectivity index (χ0) is 17.5. The molecule has 1 aliphatic heterocycles. The highest BCUT2D eigenvalue weighted by Crippen LogP contribution is 2.46. The molecule has 0 N–H and O–H groups in total. The van der Waals surface area contributed by atoms with Gasteiger partial charge in [0.25, 0.3) is 0 Å². The Labute approximate surface area is 149 Å². The Kier molecular flexibility index (Phi) is 5.54. The number of ether oxygens (including phenoxy) is 2.